The Kier molecular flexibility index (Phi) is 9.36. The summed E-state index contributed by atoms with van der Waals surface area (Å²) in [6, 6.07) is 22.8. The third-order valence-corrected chi connectivity index (χ3v) is 10.7. The fraction of sp³-hybridized carbons (Fsp3) is 0.258. The monoisotopic (exact) mass is 627 g/mol. The van der Waals surface area contributed by atoms with Crippen LogP contribution in [0.25, 0.3) is 11.1 Å². The highest BCUT2D eigenvalue weighted by Crippen LogP contribution is 2.32. The van der Waals surface area contributed by atoms with Gasteiger partial charge in [-0.1, -0.05) is 65.7 Å². The third-order valence-electron chi connectivity index (χ3n) is 7.44. The van der Waals surface area contributed by atoms with Gasteiger partial charge in [-0.05, 0) is 89.8 Å². The maximum absolute atomic E-state index is 13.9. The van der Waals surface area contributed by atoms with Crippen molar-refractivity contribution in [3.8, 4) is 11.1 Å². The van der Waals surface area contributed by atoms with Crippen LogP contribution in [0.1, 0.15) is 24.4 Å². The van der Waals surface area contributed by atoms with Crippen LogP contribution in [0.2, 0.25) is 10.0 Å². The van der Waals surface area contributed by atoms with E-state index < -0.39 is 16.6 Å². The van der Waals surface area contributed by atoms with Crippen LogP contribution in [0, 0.1) is 0 Å². The second-order valence-corrected chi connectivity index (χ2v) is 13.5. The van der Waals surface area contributed by atoms with Crippen LogP contribution >= 0.6 is 34.5 Å². The first-order chi connectivity index (χ1) is 19.7. The van der Waals surface area contributed by atoms with Crippen LogP contribution in [0.4, 0.5) is 5.69 Å². The number of sulfonamides is 1. The van der Waals surface area contributed by atoms with Gasteiger partial charge < -0.3 is 9.80 Å². The van der Waals surface area contributed by atoms with Crippen LogP contribution in [0.5, 0.6) is 0 Å². The van der Waals surface area contributed by atoms with E-state index in [0.29, 0.717) is 11.6 Å². The first kappa shape index (κ1) is 29.6. The number of carbonyl (C=O) groups is 1. The molecule has 1 unspecified atom stereocenters. The molecule has 6 nitrogen and oxygen atoms in total. The lowest BCUT2D eigenvalue weighted by molar-refractivity contribution is -0.130. The predicted molar refractivity (Wildman–Crippen MR) is 168 cm³/mol. The number of benzene rings is 3. The molecule has 1 aromatic heterocycles. The van der Waals surface area contributed by atoms with Crippen molar-refractivity contribution < 1.29 is 13.2 Å². The van der Waals surface area contributed by atoms with E-state index >= 15 is 0 Å². The van der Waals surface area contributed by atoms with Gasteiger partial charge in [0.25, 0.3) is 10.0 Å². The molecule has 1 atom stereocenters. The highest BCUT2D eigenvalue weighted by atomic mass is 35.5. The summed E-state index contributed by atoms with van der Waals surface area (Å²) in [5.41, 5.74) is 3.54. The standard InChI is InChI=1S/C31H31Cl2N3O3S2/c1-34(30(20-35-16-5-6-17-35)24-11-9-23(10-12-24)25-15-18-40-22-25)31(37)21-36(26-13-14-28(32)29(33)19-26)41(38,39)27-7-3-2-4-8-27/h2-4,7-15,18-19,22,30H,5-6,16-17,20-21H2,1H3. The molecular weight excluding hydrogens is 597 g/mol. The summed E-state index contributed by atoms with van der Waals surface area (Å²) in [6.07, 6.45) is 2.25. The molecule has 4 aromatic rings. The smallest absolute Gasteiger partial charge is 0.264 e. The average molecular weight is 629 g/mol. The number of likely N-dealkylation sites (N-methyl/N-ethyl adjacent to an activating group) is 1. The fourth-order valence-electron chi connectivity index (χ4n) is 5.07. The van der Waals surface area contributed by atoms with Crippen LogP contribution in [0.3, 0.4) is 0 Å². The van der Waals surface area contributed by atoms with E-state index in [4.69, 9.17) is 23.2 Å². The lowest BCUT2D eigenvalue weighted by Crippen LogP contribution is -2.45. The quantitative estimate of drug-likeness (QED) is 0.186. The zero-order chi connectivity index (χ0) is 29.0. The zero-order valence-electron chi connectivity index (χ0n) is 22.6. The van der Waals surface area contributed by atoms with Crippen molar-refractivity contribution in [2.45, 2.75) is 23.8 Å². The fourth-order valence-corrected chi connectivity index (χ4v) is 7.46. The maximum Gasteiger partial charge on any atom is 0.264 e. The Bertz CT molecular complexity index is 1570. The number of likely N-dealkylation sites (tertiary alicyclic amines) is 1. The van der Waals surface area contributed by atoms with Crippen molar-refractivity contribution in [3.63, 3.8) is 0 Å². The molecule has 1 aliphatic rings. The van der Waals surface area contributed by atoms with E-state index in [1.54, 1.807) is 47.5 Å². The Morgan fingerprint density at radius 2 is 1.63 bits per heavy atom. The Hall–Kier alpha value is -2.88. The van der Waals surface area contributed by atoms with Crippen molar-refractivity contribution in [2.75, 3.05) is 37.5 Å². The largest absolute Gasteiger partial charge is 0.336 e. The Morgan fingerprint density at radius 3 is 2.27 bits per heavy atom. The molecule has 1 amide bonds. The molecule has 0 aliphatic carbocycles. The van der Waals surface area contributed by atoms with Gasteiger partial charge in [-0.25, -0.2) is 8.42 Å². The summed E-state index contributed by atoms with van der Waals surface area (Å²) in [5, 5.41) is 4.66. The number of halogens is 2. The molecule has 0 bridgehead atoms. The average Bonchev–Trinajstić information content (AvgIpc) is 3.71. The molecule has 41 heavy (non-hydrogen) atoms. The molecule has 0 radical (unpaired) electrons. The Morgan fingerprint density at radius 1 is 0.927 bits per heavy atom. The van der Waals surface area contributed by atoms with Gasteiger partial charge in [-0.15, -0.1) is 0 Å². The Balaban J connectivity index is 1.46. The van der Waals surface area contributed by atoms with Gasteiger partial charge in [0.2, 0.25) is 5.91 Å². The van der Waals surface area contributed by atoms with Crippen molar-refractivity contribution in [1.82, 2.24) is 9.80 Å². The highest BCUT2D eigenvalue weighted by Gasteiger charge is 2.32. The van der Waals surface area contributed by atoms with E-state index in [0.717, 1.165) is 46.9 Å². The first-order valence-corrected chi connectivity index (χ1v) is 16.5. The summed E-state index contributed by atoms with van der Waals surface area (Å²) in [4.78, 5) is 18.1. The van der Waals surface area contributed by atoms with E-state index in [1.165, 1.54) is 24.3 Å². The summed E-state index contributed by atoms with van der Waals surface area (Å²) in [6.45, 7) is 2.22. The number of hydrogen-bond acceptors (Lipinski definition) is 5. The first-order valence-electron chi connectivity index (χ1n) is 13.4. The molecule has 1 saturated heterocycles. The molecular formula is C31H31Cl2N3O3S2. The number of hydrogen-bond donors (Lipinski definition) is 0. The summed E-state index contributed by atoms with van der Waals surface area (Å²) < 4.78 is 28.8. The molecule has 2 heterocycles. The topological polar surface area (TPSA) is 60.9 Å². The SMILES string of the molecule is CN(C(=O)CN(c1ccc(Cl)c(Cl)c1)S(=O)(=O)c1ccccc1)C(CN1CCCC1)c1ccc(-c2ccsc2)cc1. The van der Waals surface area contributed by atoms with Gasteiger partial charge in [0, 0.05) is 13.6 Å². The number of carbonyl (C=O) groups excluding carboxylic acids is 1. The van der Waals surface area contributed by atoms with Crippen molar-refractivity contribution >= 4 is 56.2 Å². The normalized spacial score (nSPS) is 14.6. The molecule has 3 aromatic carbocycles. The van der Waals surface area contributed by atoms with Crippen molar-refractivity contribution in [1.29, 1.82) is 0 Å². The van der Waals surface area contributed by atoms with E-state index in [9.17, 15) is 13.2 Å². The van der Waals surface area contributed by atoms with E-state index in [-0.39, 0.29) is 27.6 Å². The summed E-state index contributed by atoms with van der Waals surface area (Å²) in [7, 11) is -2.33. The molecule has 0 saturated carbocycles. The van der Waals surface area contributed by atoms with E-state index in [1.807, 2.05) is 0 Å². The molecule has 10 heteroatoms. The number of nitrogens with zero attached hydrogens (tertiary/aromatic N) is 3. The minimum Gasteiger partial charge on any atom is -0.336 e. The summed E-state index contributed by atoms with van der Waals surface area (Å²) >= 11 is 14.1. The second-order valence-electron chi connectivity index (χ2n) is 10.1. The van der Waals surface area contributed by atoms with Crippen LogP contribution < -0.4 is 4.31 Å². The molecule has 0 N–H and O–H groups in total. The van der Waals surface area contributed by atoms with Gasteiger partial charge in [0.05, 0.1) is 26.7 Å². The number of rotatable bonds is 10. The molecule has 214 valence electrons. The second kappa shape index (κ2) is 13.0. The van der Waals surface area contributed by atoms with Crippen molar-refractivity contribution in [2.24, 2.45) is 0 Å². The molecule has 5 rings (SSSR count). The van der Waals surface area contributed by atoms with Crippen LogP contribution in [0.15, 0.2) is 94.5 Å². The maximum atomic E-state index is 13.9. The van der Waals surface area contributed by atoms with Gasteiger partial charge in [-0.3, -0.25) is 9.10 Å². The molecule has 1 aliphatic heterocycles. The van der Waals surface area contributed by atoms with Gasteiger partial charge in [0.1, 0.15) is 6.54 Å². The third kappa shape index (κ3) is 6.79. The minimum atomic E-state index is -4.08. The Labute approximate surface area is 255 Å². The zero-order valence-corrected chi connectivity index (χ0v) is 25.8. The minimum absolute atomic E-state index is 0.0826. The van der Waals surface area contributed by atoms with Gasteiger partial charge in [-0.2, -0.15) is 11.3 Å². The van der Waals surface area contributed by atoms with E-state index in [2.05, 4.69) is 46.0 Å². The van der Waals surface area contributed by atoms with Crippen LogP contribution in [-0.4, -0.2) is 57.4 Å². The lowest BCUT2D eigenvalue weighted by Gasteiger charge is -2.34. The molecule has 0 spiro atoms. The van der Waals surface area contributed by atoms with Crippen LogP contribution in [-0.2, 0) is 14.8 Å². The lowest BCUT2D eigenvalue weighted by atomic mass is 10.0. The number of amides is 1. The van der Waals surface area contributed by atoms with Gasteiger partial charge in [0.15, 0.2) is 0 Å². The summed E-state index contributed by atoms with van der Waals surface area (Å²) in [5.74, 6) is -0.332. The van der Waals surface area contributed by atoms with Crippen molar-refractivity contribution in [3.05, 3.63) is 105 Å². The number of anilines is 1. The highest BCUT2D eigenvalue weighted by molar-refractivity contribution is 7.92. The predicted octanol–water partition coefficient (Wildman–Crippen LogP) is 7.21. The number of thiophene rings is 1. The molecule has 1 fully saturated rings. The van der Waals surface area contributed by atoms with Gasteiger partial charge >= 0.3 is 0 Å².